The van der Waals surface area contributed by atoms with E-state index in [4.69, 9.17) is 0 Å². The fraction of sp³-hybridized carbons (Fsp3) is 0.267. The van der Waals surface area contributed by atoms with Crippen molar-refractivity contribution in [2.45, 2.75) is 19.4 Å². The van der Waals surface area contributed by atoms with Crippen LogP contribution in [0.3, 0.4) is 0 Å². The molecule has 0 fully saturated rings. The fourth-order valence-electron chi connectivity index (χ4n) is 1.80. The molecular weight excluding hydrogens is 208 g/mol. The molecule has 2 nitrogen and oxygen atoms in total. The Morgan fingerprint density at radius 1 is 1.12 bits per heavy atom. The van der Waals surface area contributed by atoms with E-state index in [1.165, 1.54) is 11.1 Å². The molecule has 88 valence electrons. The standard InChI is InChI=1S/C15H18N2/c1-12(16-2)11-13-6-8-14(9-7-13)15-5-3-4-10-17-15/h3-10,12,16H,11H2,1-2H3. The molecule has 1 N–H and O–H groups in total. The molecule has 0 saturated heterocycles. The summed E-state index contributed by atoms with van der Waals surface area (Å²) in [6, 6.07) is 15.1. The zero-order valence-corrected chi connectivity index (χ0v) is 10.4. The highest BCUT2D eigenvalue weighted by atomic mass is 14.8. The summed E-state index contributed by atoms with van der Waals surface area (Å²) in [7, 11) is 1.99. The van der Waals surface area contributed by atoms with E-state index in [1.807, 2.05) is 31.4 Å². The van der Waals surface area contributed by atoms with Crippen LogP contribution in [0.1, 0.15) is 12.5 Å². The Morgan fingerprint density at radius 3 is 2.47 bits per heavy atom. The molecule has 2 aromatic rings. The van der Waals surface area contributed by atoms with Gasteiger partial charge in [0.15, 0.2) is 0 Å². The number of benzene rings is 1. The van der Waals surface area contributed by atoms with Gasteiger partial charge in [0.1, 0.15) is 0 Å². The van der Waals surface area contributed by atoms with Gasteiger partial charge in [0.05, 0.1) is 5.69 Å². The third kappa shape index (κ3) is 3.14. The Morgan fingerprint density at radius 2 is 1.88 bits per heavy atom. The average molecular weight is 226 g/mol. The molecular formula is C15H18N2. The predicted octanol–water partition coefficient (Wildman–Crippen LogP) is 2.90. The van der Waals surface area contributed by atoms with Gasteiger partial charge in [0.2, 0.25) is 0 Å². The van der Waals surface area contributed by atoms with Crippen LogP contribution >= 0.6 is 0 Å². The topological polar surface area (TPSA) is 24.9 Å². The summed E-state index contributed by atoms with van der Waals surface area (Å²) in [5.74, 6) is 0. The summed E-state index contributed by atoms with van der Waals surface area (Å²) >= 11 is 0. The van der Waals surface area contributed by atoms with Crippen LogP contribution in [0.15, 0.2) is 48.7 Å². The monoisotopic (exact) mass is 226 g/mol. The molecule has 2 rings (SSSR count). The van der Waals surface area contributed by atoms with Gasteiger partial charge in [-0.1, -0.05) is 30.3 Å². The van der Waals surface area contributed by atoms with E-state index in [-0.39, 0.29) is 0 Å². The van der Waals surface area contributed by atoms with Crippen molar-refractivity contribution in [1.82, 2.24) is 10.3 Å². The number of rotatable bonds is 4. The van der Waals surface area contributed by atoms with Gasteiger partial charge in [-0.15, -0.1) is 0 Å². The van der Waals surface area contributed by atoms with E-state index in [0.29, 0.717) is 6.04 Å². The maximum absolute atomic E-state index is 4.34. The minimum absolute atomic E-state index is 0.510. The molecule has 1 heterocycles. The Hall–Kier alpha value is -1.67. The second kappa shape index (κ2) is 5.60. The van der Waals surface area contributed by atoms with Crippen LogP contribution in [0.25, 0.3) is 11.3 Å². The van der Waals surface area contributed by atoms with Crippen molar-refractivity contribution in [2.75, 3.05) is 7.05 Å². The number of nitrogens with zero attached hydrogens (tertiary/aromatic N) is 1. The number of pyridine rings is 1. The first kappa shape index (κ1) is 11.8. The number of nitrogens with one attached hydrogen (secondary N) is 1. The largest absolute Gasteiger partial charge is 0.317 e. The van der Waals surface area contributed by atoms with E-state index in [9.17, 15) is 0 Å². The van der Waals surface area contributed by atoms with Crippen LogP contribution in [-0.4, -0.2) is 18.1 Å². The second-order valence-corrected chi connectivity index (χ2v) is 4.31. The minimum atomic E-state index is 0.510. The molecule has 1 aromatic carbocycles. The van der Waals surface area contributed by atoms with Crippen molar-refractivity contribution in [3.63, 3.8) is 0 Å². The lowest BCUT2D eigenvalue weighted by molar-refractivity contribution is 0.608. The van der Waals surface area contributed by atoms with Gasteiger partial charge in [0.25, 0.3) is 0 Å². The maximum Gasteiger partial charge on any atom is 0.0701 e. The average Bonchev–Trinajstić information content (AvgIpc) is 2.40. The Balaban J connectivity index is 2.13. The van der Waals surface area contributed by atoms with E-state index in [1.54, 1.807) is 0 Å². The lowest BCUT2D eigenvalue weighted by Crippen LogP contribution is -2.23. The molecule has 0 radical (unpaired) electrons. The van der Waals surface area contributed by atoms with Crippen molar-refractivity contribution in [3.8, 4) is 11.3 Å². The predicted molar refractivity (Wildman–Crippen MR) is 71.9 cm³/mol. The van der Waals surface area contributed by atoms with Gasteiger partial charge in [-0.05, 0) is 38.1 Å². The van der Waals surface area contributed by atoms with E-state index >= 15 is 0 Å². The SMILES string of the molecule is CNC(C)Cc1ccc(-c2ccccn2)cc1. The molecule has 2 heteroatoms. The highest BCUT2D eigenvalue weighted by Crippen LogP contribution is 2.17. The summed E-state index contributed by atoms with van der Waals surface area (Å²) in [5.41, 5.74) is 3.55. The van der Waals surface area contributed by atoms with Crippen molar-refractivity contribution < 1.29 is 0 Å². The summed E-state index contributed by atoms with van der Waals surface area (Å²) in [6.07, 6.45) is 2.88. The number of likely N-dealkylation sites (N-methyl/N-ethyl adjacent to an activating group) is 1. The molecule has 17 heavy (non-hydrogen) atoms. The highest BCUT2D eigenvalue weighted by molar-refractivity contribution is 5.58. The quantitative estimate of drug-likeness (QED) is 0.867. The van der Waals surface area contributed by atoms with Crippen LogP contribution in [0, 0.1) is 0 Å². The lowest BCUT2D eigenvalue weighted by atomic mass is 10.0. The third-order valence-electron chi connectivity index (χ3n) is 2.95. The highest BCUT2D eigenvalue weighted by Gasteiger charge is 2.02. The maximum atomic E-state index is 4.34. The van der Waals surface area contributed by atoms with E-state index < -0.39 is 0 Å². The molecule has 0 aliphatic rings. The first-order valence-electron chi connectivity index (χ1n) is 5.97. The van der Waals surface area contributed by atoms with Gasteiger partial charge >= 0.3 is 0 Å². The van der Waals surface area contributed by atoms with Crippen molar-refractivity contribution in [2.24, 2.45) is 0 Å². The normalized spacial score (nSPS) is 12.4. The first-order chi connectivity index (χ1) is 8.29. The molecule has 0 saturated carbocycles. The zero-order valence-electron chi connectivity index (χ0n) is 10.4. The van der Waals surface area contributed by atoms with Crippen LogP contribution in [0.4, 0.5) is 0 Å². The molecule has 0 aliphatic carbocycles. The van der Waals surface area contributed by atoms with Crippen LogP contribution in [-0.2, 0) is 6.42 Å². The summed E-state index contributed by atoms with van der Waals surface area (Å²) < 4.78 is 0. The summed E-state index contributed by atoms with van der Waals surface area (Å²) in [4.78, 5) is 4.34. The smallest absolute Gasteiger partial charge is 0.0701 e. The van der Waals surface area contributed by atoms with Gasteiger partial charge in [-0.25, -0.2) is 0 Å². The molecule has 0 bridgehead atoms. The van der Waals surface area contributed by atoms with Crippen LogP contribution in [0.2, 0.25) is 0 Å². The van der Waals surface area contributed by atoms with Crippen molar-refractivity contribution >= 4 is 0 Å². The van der Waals surface area contributed by atoms with Gasteiger partial charge in [0, 0.05) is 17.8 Å². The lowest BCUT2D eigenvalue weighted by Gasteiger charge is -2.10. The van der Waals surface area contributed by atoms with Gasteiger partial charge in [-0.2, -0.15) is 0 Å². The first-order valence-corrected chi connectivity index (χ1v) is 5.97. The Kier molecular flexibility index (Phi) is 3.89. The fourth-order valence-corrected chi connectivity index (χ4v) is 1.80. The van der Waals surface area contributed by atoms with Crippen LogP contribution < -0.4 is 5.32 Å². The summed E-state index contributed by atoms with van der Waals surface area (Å²) in [6.45, 7) is 2.19. The number of hydrogen-bond acceptors (Lipinski definition) is 2. The molecule has 1 atom stereocenters. The Bertz CT molecular complexity index is 448. The van der Waals surface area contributed by atoms with Crippen molar-refractivity contribution in [1.29, 1.82) is 0 Å². The van der Waals surface area contributed by atoms with Crippen molar-refractivity contribution in [3.05, 3.63) is 54.2 Å². The van der Waals surface area contributed by atoms with Gasteiger partial charge < -0.3 is 5.32 Å². The molecule has 0 aliphatic heterocycles. The van der Waals surface area contributed by atoms with E-state index in [2.05, 4.69) is 41.5 Å². The van der Waals surface area contributed by atoms with E-state index in [0.717, 1.165) is 12.1 Å². The second-order valence-electron chi connectivity index (χ2n) is 4.31. The van der Waals surface area contributed by atoms with Crippen LogP contribution in [0.5, 0.6) is 0 Å². The Labute approximate surface area is 103 Å². The van der Waals surface area contributed by atoms with Gasteiger partial charge in [-0.3, -0.25) is 4.98 Å². The molecule has 1 unspecified atom stereocenters. The minimum Gasteiger partial charge on any atom is -0.317 e. The molecule has 0 spiro atoms. The molecule has 0 amide bonds. The zero-order chi connectivity index (χ0) is 12.1. The summed E-state index contributed by atoms with van der Waals surface area (Å²) in [5, 5.41) is 3.25. The third-order valence-corrected chi connectivity index (χ3v) is 2.95. The molecule has 1 aromatic heterocycles. The number of aromatic nitrogens is 1. The number of hydrogen-bond donors (Lipinski definition) is 1.